The van der Waals surface area contributed by atoms with Gasteiger partial charge >= 0.3 is 0 Å². The molecule has 1 fully saturated rings. The molecule has 3 heteroatoms. The van der Waals surface area contributed by atoms with E-state index >= 15 is 0 Å². The van der Waals surface area contributed by atoms with Crippen LogP contribution < -0.4 is 5.32 Å². The van der Waals surface area contributed by atoms with Crippen LogP contribution in [-0.4, -0.2) is 16.7 Å². The van der Waals surface area contributed by atoms with Gasteiger partial charge in [-0.3, -0.25) is 0 Å². The third-order valence-corrected chi connectivity index (χ3v) is 4.18. The summed E-state index contributed by atoms with van der Waals surface area (Å²) in [4.78, 5) is 0. The van der Waals surface area contributed by atoms with Crippen LogP contribution in [0.2, 0.25) is 0 Å². The summed E-state index contributed by atoms with van der Waals surface area (Å²) in [5.41, 5.74) is -0.0352. The number of furan rings is 1. The molecule has 2 unspecified atom stereocenters. The summed E-state index contributed by atoms with van der Waals surface area (Å²) in [6, 6.07) is 13.6. The van der Waals surface area contributed by atoms with Crippen molar-refractivity contribution in [2.24, 2.45) is 0 Å². The minimum atomic E-state index is -0.972. The number of hydrogen-bond acceptors (Lipinski definition) is 3. The van der Waals surface area contributed by atoms with Crippen LogP contribution in [0.3, 0.4) is 0 Å². The zero-order valence-corrected chi connectivity index (χ0v) is 12.6. The average molecular weight is 295 g/mol. The van der Waals surface area contributed by atoms with E-state index in [4.69, 9.17) is 4.42 Å². The highest BCUT2D eigenvalue weighted by Crippen LogP contribution is 2.28. The van der Waals surface area contributed by atoms with Crippen molar-refractivity contribution in [1.82, 2.24) is 5.32 Å². The van der Waals surface area contributed by atoms with Gasteiger partial charge in [-0.15, -0.1) is 0 Å². The molecular weight excluding hydrogens is 274 g/mol. The van der Waals surface area contributed by atoms with Crippen molar-refractivity contribution in [2.45, 2.75) is 43.9 Å². The van der Waals surface area contributed by atoms with Gasteiger partial charge < -0.3 is 14.8 Å². The lowest BCUT2D eigenvalue weighted by molar-refractivity contribution is 0.0247. The number of hydrogen-bond donors (Lipinski definition) is 2. The van der Waals surface area contributed by atoms with Crippen LogP contribution >= 0.6 is 0 Å². The van der Waals surface area contributed by atoms with Gasteiger partial charge in [-0.25, -0.2) is 0 Å². The normalized spacial score (nSPS) is 24.5. The van der Waals surface area contributed by atoms with Crippen LogP contribution in [0.25, 0.3) is 0 Å². The molecule has 2 atom stereocenters. The predicted octanol–water partition coefficient (Wildman–Crippen LogP) is 3.09. The van der Waals surface area contributed by atoms with Crippen molar-refractivity contribution in [2.75, 3.05) is 0 Å². The maximum atomic E-state index is 11.0. The smallest absolute Gasteiger partial charge is 0.141 e. The van der Waals surface area contributed by atoms with Gasteiger partial charge in [0.15, 0.2) is 0 Å². The van der Waals surface area contributed by atoms with Crippen LogP contribution in [-0.2, 0) is 6.54 Å². The fourth-order valence-corrected chi connectivity index (χ4v) is 2.92. The lowest BCUT2D eigenvalue weighted by atomic mass is 9.80. The Hall–Kier alpha value is -2.02. The Kier molecular flexibility index (Phi) is 4.62. The van der Waals surface area contributed by atoms with Crippen LogP contribution in [0, 0.1) is 11.8 Å². The molecule has 1 aromatic carbocycles. The maximum Gasteiger partial charge on any atom is 0.141 e. The highest BCUT2D eigenvalue weighted by molar-refractivity contribution is 5.36. The SMILES string of the molecule is OC1(C#Cc2ccccc2)CCCCC1NCc1ccco1. The first-order valence-electron chi connectivity index (χ1n) is 7.83. The lowest BCUT2D eigenvalue weighted by Crippen LogP contribution is -2.51. The molecule has 1 saturated carbocycles. The molecule has 1 aromatic heterocycles. The fourth-order valence-electron chi connectivity index (χ4n) is 2.92. The summed E-state index contributed by atoms with van der Waals surface area (Å²) in [7, 11) is 0. The number of nitrogens with one attached hydrogen (secondary N) is 1. The largest absolute Gasteiger partial charge is 0.468 e. The Morgan fingerprint density at radius 1 is 1.18 bits per heavy atom. The van der Waals surface area contributed by atoms with Gasteiger partial charge in [0.05, 0.1) is 12.8 Å². The maximum absolute atomic E-state index is 11.0. The second-order valence-corrected chi connectivity index (χ2v) is 5.80. The zero-order valence-electron chi connectivity index (χ0n) is 12.6. The van der Waals surface area contributed by atoms with Gasteiger partial charge in [-0.05, 0) is 43.5 Å². The van der Waals surface area contributed by atoms with Gasteiger partial charge in [0.25, 0.3) is 0 Å². The molecular formula is C19H21NO2. The zero-order chi connectivity index (χ0) is 15.3. The summed E-state index contributed by atoms with van der Waals surface area (Å²) in [5.74, 6) is 7.10. The first kappa shape index (κ1) is 14.9. The van der Waals surface area contributed by atoms with E-state index in [-0.39, 0.29) is 6.04 Å². The molecule has 1 aliphatic rings. The minimum Gasteiger partial charge on any atom is -0.468 e. The Labute approximate surface area is 131 Å². The van der Waals surface area contributed by atoms with Crippen LogP contribution in [0.1, 0.15) is 37.0 Å². The second kappa shape index (κ2) is 6.83. The molecule has 22 heavy (non-hydrogen) atoms. The number of benzene rings is 1. The Morgan fingerprint density at radius 2 is 2.05 bits per heavy atom. The topological polar surface area (TPSA) is 45.4 Å². The summed E-state index contributed by atoms with van der Waals surface area (Å²) in [6.45, 7) is 0.618. The van der Waals surface area contributed by atoms with Crippen molar-refractivity contribution in [3.8, 4) is 11.8 Å². The molecule has 114 valence electrons. The minimum absolute atomic E-state index is 0.0254. The molecule has 3 rings (SSSR count). The molecule has 0 amide bonds. The van der Waals surface area contributed by atoms with Gasteiger partial charge in [0.2, 0.25) is 0 Å². The number of aliphatic hydroxyl groups is 1. The molecule has 1 heterocycles. The van der Waals surface area contributed by atoms with Crippen molar-refractivity contribution < 1.29 is 9.52 Å². The van der Waals surface area contributed by atoms with Crippen molar-refractivity contribution in [1.29, 1.82) is 0 Å². The predicted molar refractivity (Wildman–Crippen MR) is 86.1 cm³/mol. The highest BCUT2D eigenvalue weighted by atomic mass is 16.3. The summed E-state index contributed by atoms with van der Waals surface area (Å²) in [6.07, 6.45) is 5.44. The first-order chi connectivity index (χ1) is 10.8. The van der Waals surface area contributed by atoms with Crippen LogP contribution in [0.5, 0.6) is 0 Å². The molecule has 2 aromatic rings. The van der Waals surface area contributed by atoms with Gasteiger partial charge in [-0.2, -0.15) is 0 Å². The first-order valence-corrected chi connectivity index (χ1v) is 7.83. The van der Waals surface area contributed by atoms with E-state index in [1.54, 1.807) is 6.26 Å². The van der Waals surface area contributed by atoms with E-state index in [9.17, 15) is 5.11 Å². The standard InChI is InChI=1S/C19H21NO2/c21-19(13-11-16-7-2-1-3-8-16)12-5-4-10-18(19)20-15-17-9-6-14-22-17/h1-3,6-9,14,18,20-21H,4-5,10,12,15H2. The molecule has 3 nitrogen and oxygen atoms in total. The Morgan fingerprint density at radius 3 is 2.82 bits per heavy atom. The van der Waals surface area contributed by atoms with Gasteiger partial charge in [0.1, 0.15) is 11.4 Å². The van der Waals surface area contributed by atoms with Crippen molar-refractivity contribution >= 4 is 0 Å². The molecule has 1 aliphatic carbocycles. The van der Waals surface area contributed by atoms with Crippen LogP contribution in [0.4, 0.5) is 0 Å². The van der Waals surface area contributed by atoms with E-state index in [0.29, 0.717) is 13.0 Å². The van der Waals surface area contributed by atoms with E-state index < -0.39 is 5.60 Å². The molecule has 0 saturated heterocycles. The molecule has 0 aliphatic heterocycles. The van der Waals surface area contributed by atoms with E-state index in [2.05, 4.69) is 17.2 Å². The molecule has 0 bridgehead atoms. The van der Waals surface area contributed by atoms with E-state index in [1.807, 2.05) is 42.5 Å². The monoisotopic (exact) mass is 295 g/mol. The van der Waals surface area contributed by atoms with Crippen molar-refractivity contribution in [3.63, 3.8) is 0 Å². The third kappa shape index (κ3) is 3.59. The molecule has 0 radical (unpaired) electrons. The summed E-state index contributed by atoms with van der Waals surface area (Å²) in [5, 5.41) is 14.4. The van der Waals surface area contributed by atoms with Crippen LogP contribution in [0.15, 0.2) is 53.1 Å². The Balaban J connectivity index is 1.71. The lowest BCUT2D eigenvalue weighted by Gasteiger charge is -2.36. The fraction of sp³-hybridized carbons (Fsp3) is 0.368. The van der Waals surface area contributed by atoms with Gasteiger partial charge in [0, 0.05) is 11.6 Å². The third-order valence-electron chi connectivity index (χ3n) is 4.18. The average Bonchev–Trinajstić information content (AvgIpc) is 3.07. The highest BCUT2D eigenvalue weighted by Gasteiger charge is 2.37. The van der Waals surface area contributed by atoms with E-state index in [1.165, 1.54) is 0 Å². The number of rotatable bonds is 3. The molecule has 2 N–H and O–H groups in total. The second-order valence-electron chi connectivity index (χ2n) is 5.80. The molecule has 0 spiro atoms. The Bertz CT molecular complexity index is 639. The summed E-state index contributed by atoms with van der Waals surface area (Å²) < 4.78 is 5.34. The van der Waals surface area contributed by atoms with Gasteiger partial charge in [-0.1, -0.05) is 36.5 Å². The van der Waals surface area contributed by atoms with E-state index in [0.717, 1.165) is 30.6 Å². The van der Waals surface area contributed by atoms with Crippen molar-refractivity contribution in [3.05, 3.63) is 60.1 Å². The quantitative estimate of drug-likeness (QED) is 0.855. The summed E-state index contributed by atoms with van der Waals surface area (Å²) >= 11 is 0.